The molecule has 3 N–H and O–H groups in total. The molecule has 6 nitrogen and oxygen atoms in total. The van der Waals surface area contributed by atoms with Gasteiger partial charge in [0, 0.05) is 11.3 Å². The minimum Gasteiger partial charge on any atom is -0.444 e. The lowest BCUT2D eigenvalue weighted by Crippen LogP contribution is -2.32. The van der Waals surface area contributed by atoms with Crippen LogP contribution in [0.2, 0.25) is 0 Å². The van der Waals surface area contributed by atoms with Gasteiger partial charge < -0.3 is 20.2 Å². The highest BCUT2D eigenvalue weighted by atomic mass is 16.6. The number of amides is 1. The Kier molecular flexibility index (Phi) is 4.40. The quantitative estimate of drug-likeness (QED) is 0.849. The number of aromatic nitrogens is 1. The maximum absolute atomic E-state index is 11.7. The Morgan fingerprint density at radius 3 is 2.55 bits per heavy atom. The Bertz CT molecular complexity index is 654. The van der Waals surface area contributed by atoms with Crippen LogP contribution in [0.3, 0.4) is 0 Å². The summed E-state index contributed by atoms with van der Waals surface area (Å²) in [5.41, 5.74) is 7.31. The van der Waals surface area contributed by atoms with Crippen LogP contribution in [0.25, 0.3) is 11.5 Å². The molecule has 118 valence electrons. The second kappa shape index (κ2) is 6.09. The van der Waals surface area contributed by atoms with E-state index < -0.39 is 11.7 Å². The van der Waals surface area contributed by atoms with Gasteiger partial charge in [0.2, 0.25) is 5.89 Å². The first-order chi connectivity index (χ1) is 10.2. The van der Waals surface area contributed by atoms with Gasteiger partial charge in [-0.15, -0.1) is 0 Å². The predicted octanol–water partition coefficient (Wildman–Crippen LogP) is 3.26. The molecule has 1 amide bonds. The summed E-state index contributed by atoms with van der Waals surface area (Å²) < 4.78 is 10.8. The lowest BCUT2D eigenvalue weighted by molar-refractivity contribution is 0.0523. The Morgan fingerprint density at radius 2 is 1.95 bits per heavy atom. The van der Waals surface area contributed by atoms with E-state index in [4.69, 9.17) is 14.9 Å². The molecule has 0 radical (unpaired) electrons. The van der Waals surface area contributed by atoms with Crippen LogP contribution in [-0.2, 0) is 11.3 Å². The molecule has 0 saturated carbocycles. The van der Waals surface area contributed by atoms with Gasteiger partial charge >= 0.3 is 6.09 Å². The van der Waals surface area contributed by atoms with Crippen LogP contribution in [0.15, 0.2) is 28.7 Å². The number of nitrogens with two attached hydrogens (primary N) is 1. The van der Waals surface area contributed by atoms with E-state index in [2.05, 4.69) is 10.3 Å². The third-order valence-electron chi connectivity index (χ3n) is 2.85. The van der Waals surface area contributed by atoms with E-state index in [-0.39, 0.29) is 6.54 Å². The van der Waals surface area contributed by atoms with Gasteiger partial charge in [-0.2, -0.15) is 0 Å². The van der Waals surface area contributed by atoms with Crippen molar-refractivity contribution in [2.45, 2.75) is 39.8 Å². The summed E-state index contributed by atoms with van der Waals surface area (Å²) in [6.45, 7) is 7.49. The van der Waals surface area contributed by atoms with Crippen LogP contribution in [0.4, 0.5) is 10.5 Å². The molecule has 0 saturated heterocycles. The van der Waals surface area contributed by atoms with Gasteiger partial charge in [0.05, 0.1) is 6.54 Å². The highest BCUT2D eigenvalue weighted by Crippen LogP contribution is 2.22. The maximum Gasteiger partial charge on any atom is 0.407 e. The van der Waals surface area contributed by atoms with Gasteiger partial charge in [0.25, 0.3) is 0 Å². The van der Waals surface area contributed by atoms with Crippen LogP contribution in [0, 0.1) is 6.92 Å². The topological polar surface area (TPSA) is 90.4 Å². The first kappa shape index (κ1) is 15.9. The normalized spacial score (nSPS) is 11.3. The van der Waals surface area contributed by atoms with E-state index >= 15 is 0 Å². The Hall–Kier alpha value is -2.50. The number of nitrogens with zero attached hydrogens (tertiary/aromatic N) is 1. The highest BCUT2D eigenvalue weighted by Gasteiger charge is 2.17. The molecule has 1 heterocycles. The fourth-order valence-electron chi connectivity index (χ4n) is 1.81. The zero-order valence-electron chi connectivity index (χ0n) is 13.3. The number of aryl methyl sites for hydroxylation is 1. The average molecular weight is 303 g/mol. The highest BCUT2D eigenvalue weighted by molar-refractivity contribution is 5.67. The standard InChI is InChI=1S/C16H21N3O3/c1-10-13(9-18-15(20)22-16(2,3)4)19-14(21-10)11-5-7-12(17)8-6-11/h5-8H,9,17H2,1-4H3,(H,18,20). The molecule has 0 fully saturated rings. The van der Waals surface area contributed by atoms with E-state index in [1.807, 2.05) is 32.9 Å². The molecular weight excluding hydrogens is 282 g/mol. The summed E-state index contributed by atoms with van der Waals surface area (Å²) in [7, 11) is 0. The van der Waals surface area contributed by atoms with Crippen LogP contribution in [0.5, 0.6) is 0 Å². The third kappa shape index (κ3) is 4.25. The molecule has 1 aromatic carbocycles. The molecule has 0 atom stereocenters. The summed E-state index contributed by atoms with van der Waals surface area (Å²) in [5, 5.41) is 2.67. The molecule has 0 aliphatic rings. The van der Waals surface area contributed by atoms with Crippen molar-refractivity contribution in [3.05, 3.63) is 35.7 Å². The van der Waals surface area contributed by atoms with E-state index in [1.165, 1.54) is 0 Å². The predicted molar refractivity (Wildman–Crippen MR) is 84.2 cm³/mol. The number of nitrogen functional groups attached to an aromatic ring is 1. The second-order valence-electron chi connectivity index (χ2n) is 6.00. The first-order valence-corrected chi connectivity index (χ1v) is 7.03. The summed E-state index contributed by atoms with van der Waals surface area (Å²) in [5.74, 6) is 1.15. The van der Waals surface area contributed by atoms with Gasteiger partial charge in [-0.1, -0.05) is 0 Å². The number of carbonyl (C=O) groups is 1. The van der Waals surface area contributed by atoms with E-state index in [0.717, 1.165) is 5.56 Å². The van der Waals surface area contributed by atoms with Crippen LogP contribution in [-0.4, -0.2) is 16.7 Å². The molecule has 6 heteroatoms. The molecule has 22 heavy (non-hydrogen) atoms. The minimum absolute atomic E-state index is 0.249. The number of ether oxygens (including phenoxy) is 1. The van der Waals surface area contributed by atoms with Crippen molar-refractivity contribution in [2.24, 2.45) is 0 Å². The van der Waals surface area contributed by atoms with Crippen molar-refractivity contribution in [3.63, 3.8) is 0 Å². The van der Waals surface area contributed by atoms with Gasteiger partial charge in [0.1, 0.15) is 17.1 Å². The number of hydrogen-bond acceptors (Lipinski definition) is 5. The molecule has 0 bridgehead atoms. The number of hydrogen-bond donors (Lipinski definition) is 2. The monoisotopic (exact) mass is 303 g/mol. The number of benzene rings is 1. The second-order valence-corrected chi connectivity index (χ2v) is 6.00. The fraction of sp³-hybridized carbons (Fsp3) is 0.375. The molecule has 2 aromatic rings. The van der Waals surface area contributed by atoms with Crippen molar-refractivity contribution in [1.82, 2.24) is 10.3 Å². The van der Waals surface area contributed by atoms with Gasteiger partial charge in [-0.3, -0.25) is 0 Å². The van der Waals surface area contributed by atoms with Crippen LogP contribution in [0.1, 0.15) is 32.2 Å². The zero-order valence-corrected chi connectivity index (χ0v) is 13.3. The lowest BCUT2D eigenvalue weighted by Gasteiger charge is -2.19. The van der Waals surface area contributed by atoms with Crippen LogP contribution >= 0.6 is 0 Å². The van der Waals surface area contributed by atoms with E-state index in [1.54, 1.807) is 19.1 Å². The molecule has 0 unspecified atom stereocenters. The van der Waals surface area contributed by atoms with Gasteiger partial charge in [-0.25, -0.2) is 9.78 Å². The Balaban J connectivity index is 2.04. The van der Waals surface area contributed by atoms with Gasteiger partial charge in [-0.05, 0) is 52.0 Å². The van der Waals surface area contributed by atoms with Crippen molar-refractivity contribution in [2.75, 3.05) is 5.73 Å². The number of anilines is 1. The summed E-state index contributed by atoms with van der Waals surface area (Å²) in [6, 6.07) is 7.25. The first-order valence-electron chi connectivity index (χ1n) is 7.03. The van der Waals surface area contributed by atoms with Crippen molar-refractivity contribution in [3.8, 4) is 11.5 Å². The average Bonchev–Trinajstić information content (AvgIpc) is 2.77. The number of oxazole rings is 1. The van der Waals surface area contributed by atoms with Crippen molar-refractivity contribution < 1.29 is 13.9 Å². The number of carbonyl (C=O) groups excluding carboxylic acids is 1. The van der Waals surface area contributed by atoms with Crippen LogP contribution < -0.4 is 11.1 Å². The largest absolute Gasteiger partial charge is 0.444 e. The summed E-state index contributed by atoms with van der Waals surface area (Å²) in [6.07, 6.45) is -0.482. The molecule has 0 aliphatic heterocycles. The SMILES string of the molecule is Cc1oc(-c2ccc(N)cc2)nc1CNC(=O)OC(C)(C)C. The minimum atomic E-state index is -0.530. The zero-order chi connectivity index (χ0) is 16.3. The number of nitrogens with one attached hydrogen (secondary N) is 1. The van der Waals surface area contributed by atoms with E-state index in [9.17, 15) is 4.79 Å². The van der Waals surface area contributed by atoms with E-state index in [0.29, 0.717) is 23.0 Å². The Labute approximate surface area is 129 Å². The van der Waals surface area contributed by atoms with Gasteiger partial charge in [0.15, 0.2) is 0 Å². The summed E-state index contributed by atoms with van der Waals surface area (Å²) >= 11 is 0. The fourth-order valence-corrected chi connectivity index (χ4v) is 1.81. The summed E-state index contributed by atoms with van der Waals surface area (Å²) in [4.78, 5) is 16.1. The molecule has 1 aromatic heterocycles. The maximum atomic E-state index is 11.7. The molecular formula is C16H21N3O3. The number of rotatable bonds is 3. The smallest absolute Gasteiger partial charge is 0.407 e. The molecule has 2 rings (SSSR count). The van der Waals surface area contributed by atoms with Crippen molar-refractivity contribution in [1.29, 1.82) is 0 Å². The lowest BCUT2D eigenvalue weighted by atomic mass is 10.2. The molecule has 0 aliphatic carbocycles. The molecule has 0 spiro atoms. The number of alkyl carbamates (subject to hydrolysis) is 1. The van der Waals surface area contributed by atoms with Crippen molar-refractivity contribution >= 4 is 11.8 Å². The Morgan fingerprint density at radius 1 is 1.32 bits per heavy atom. The third-order valence-corrected chi connectivity index (χ3v) is 2.85.